The van der Waals surface area contributed by atoms with Crippen LogP contribution in [0.2, 0.25) is 0 Å². The first-order valence-electron chi connectivity index (χ1n) is 42.0. The molecule has 1 unspecified atom stereocenters. The van der Waals surface area contributed by atoms with Gasteiger partial charge in [-0.05, 0) is 52.7 Å². The van der Waals surface area contributed by atoms with Gasteiger partial charge in [0.25, 0.3) is 0 Å². The lowest BCUT2D eigenvalue weighted by molar-refractivity contribution is -0.153. The van der Waals surface area contributed by atoms with Crippen molar-refractivity contribution in [3.05, 3.63) is 0 Å². The van der Waals surface area contributed by atoms with Crippen molar-refractivity contribution < 1.29 is 37.9 Å². The Hall–Kier alpha value is -1.36. The summed E-state index contributed by atoms with van der Waals surface area (Å²) in [6.45, 7) is 13.5. The maximum Gasteiger partial charge on any atom is 0.306 e. The van der Waals surface area contributed by atoms with Gasteiger partial charge in [0.15, 0.2) is 0 Å². The van der Waals surface area contributed by atoms with E-state index >= 15 is 0 Å². The molecule has 551 valence electrons. The van der Waals surface area contributed by atoms with Gasteiger partial charge in [-0.2, -0.15) is 0 Å². The van der Waals surface area contributed by atoms with E-state index in [4.69, 9.17) is 16.3 Å². The number of aliphatic hydroxyl groups excluding tert-OH is 1. The van der Waals surface area contributed by atoms with Crippen LogP contribution in [0, 0.1) is 0 Å². The van der Waals surface area contributed by atoms with Crippen LogP contribution in [0.5, 0.6) is 0 Å². The van der Waals surface area contributed by atoms with Crippen molar-refractivity contribution in [1.82, 2.24) is 10.6 Å². The summed E-state index contributed by atoms with van der Waals surface area (Å²) in [5.74, 6) is -0.422. The molecule has 0 heterocycles. The maximum atomic E-state index is 13.2. The minimum atomic E-state index is -1.46. The summed E-state index contributed by atoms with van der Waals surface area (Å²) in [5, 5.41) is 16.4. The Balaban J connectivity index is 0. The fourth-order valence-electron chi connectivity index (χ4n) is 12.7. The van der Waals surface area contributed by atoms with Crippen LogP contribution in [0.1, 0.15) is 452 Å². The Morgan fingerprint density at radius 2 is 0.591 bits per heavy atom. The minimum Gasteiger partial charge on any atom is -0.460 e. The Bertz CT molecular complexity index is 1600. The molecule has 0 aromatic carbocycles. The Labute approximate surface area is 588 Å². The molecule has 0 saturated heterocycles. The smallest absolute Gasteiger partial charge is 0.306 e. The van der Waals surface area contributed by atoms with Crippen LogP contribution in [-0.2, 0) is 32.8 Å². The summed E-state index contributed by atoms with van der Waals surface area (Å²) in [4.78, 5) is 51.8. The molecule has 3 N–H and O–H groups in total. The molecule has 1 radical (unpaired) electrons. The number of hydrogen-bond donors (Lipinski definition) is 3. The molecule has 13 heteroatoms. The molecule has 5 atom stereocenters. The second-order valence-corrected chi connectivity index (χ2v) is 29.7. The van der Waals surface area contributed by atoms with Gasteiger partial charge in [-0.3, -0.25) is 19.2 Å². The number of nitrogens with one attached hydrogen (secondary N) is 2. The SMILES string of the molecule is CCCCCCCCCCCCCC(=O)N[C@@H](CO)[C@@H](CCCCCCCCCCC)OC(=O)CCCCCCCCCCC.[2H]P([B][3H])SOC[C@H](NC(=O)CCCCCCCCCCCCC)[C@@H](CCCCCCCCCCC)OC(=O)CCCCCCCCCCC. The van der Waals surface area contributed by atoms with E-state index in [0.717, 1.165) is 103 Å². The first-order valence-corrected chi connectivity index (χ1v) is 43.3. The summed E-state index contributed by atoms with van der Waals surface area (Å²) in [6, 6.07) is -0.982. The molecule has 0 spiro atoms. The van der Waals surface area contributed by atoms with E-state index in [1.165, 1.54) is 289 Å². The molecule has 10 nitrogen and oxygen atoms in total. The lowest BCUT2D eigenvalue weighted by Gasteiger charge is -2.28. The first kappa shape index (κ1) is 89.7. The van der Waals surface area contributed by atoms with Crippen LogP contribution in [0.3, 0.4) is 0 Å². The molecular formula is C80H159BN2O8PS. The predicted octanol–water partition coefficient (Wildman–Crippen LogP) is 24.9. The third kappa shape index (κ3) is 71.7. The van der Waals surface area contributed by atoms with Gasteiger partial charge in [-0.1, -0.05) is 383 Å². The molecule has 0 fully saturated rings. The quantitative estimate of drug-likeness (QED) is 0.0178. The van der Waals surface area contributed by atoms with Gasteiger partial charge in [-0.15, -0.1) is 0 Å². The summed E-state index contributed by atoms with van der Waals surface area (Å²) in [5.41, 5.74) is 0. The van der Waals surface area contributed by atoms with Gasteiger partial charge in [0.1, 0.15) is 19.7 Å². The Morgan fingerprint density at radius 1 is 0.366 bits per heavy atom. The lowest BCUT2D eigenvalue weighted by atomic mass is 10.0. The predicted molar refractivity (Wildman–Crippen MR) is 409 cm³/mol. The molecule has 0 rings (SSSR count). The number of carbonyl (C=O) groups is 4. The van der Waals surface area contributed by atoms with E-state index in [1.54, 1.807) is 0 Å². The highest BCUT2D eigenvalue weighted by Gasteiger charge is 2.28. The van der Waals surface area contributed by atoms with Crippen LogP contribution < -0.4 is 10.6 Å². The van der Waals surface area contributed by atoms with Crippen LogP contribution in [0.25, 0.3) is 0 Å². The summed E-state index contributed by atoms with van der Waals surface area (Å²) in [6.07, 6.45) is 73.4. The Morgan fingerprint density at radius 3 is 0.849 bits per heavy atom. The van der Waals surface area contributed by atoms with Crippen molar-refractivity contribution >= 4 is 50.6 Å². The standard InChI is InChI=1S/C40H80BNO4PS.C40H79NO4/c1-4-7-10-13-16-19-20-23-25-28-31-34-39(43)42-37(36-45-48-47-41)38(33-30-27-24-21-17-14-11-8-5-2)46-40(44)35-32-29-26-22-18-15-12-9-6-3;1-4-7-10-13-16-19-20-23-25-28-31-34-39(43)41-37(36-42)38(33-30-27-24-21-17-14-11-8-5-2)45-40(44)35-32-29-26-22-18-15-12-9-6-3/h37-38,41,47H,4-36H2,1-3H3,(H,42,43);37-38,42H,4-36H2,1-3H3,(H,41,43)/t37-,38+,47?;37-,38+/m00/s1/i41T,47D;. The number of unbranched alkanes of at least 4 members (excludes halogenated alkanes) is 52. The second kappa shape index (κ2) is 79.6. The molecule has 0 aliphatic heterocycles. The van der Waals surface area contributed by atoms with Gasteiger partial charge in [-0.25, -0.2) is 0 Å². The van der Waals surface area contributed by atoms with Crippen LogP contribution >= 0.6 is 19.3 Å². The zero-order valence-electron chi connectivity index (χ0n) is 64.7. The molecule has 0 aliphatic carbocycles. The van der Waals surface area contributed by atoms with Crippen molar-refractivity contribution in [2.45, 2.75) is 477 Å². The second-order valence-electron chi connectivity index (χ2n) is 28.0. The number of rotatable bonds is 76. The first-order chi connectivity index (χ1) is 46.6. The summed E-state index contributed by atoms with van der Waals surface area (Å²) < 4.78 is 33.1. The Kier molecular flexibility index (Phi) is 76.8. The minimum absolute atomic E-state index is 0.0215. The molecular weight excluding hydrogens is 1190 g/mol. The largest absolute Gasteiger partial charge is 0.460 e. The zero-order valence-corrected chi connectivity index (χ0v) is 64.4. The van der Waals surface area contributed by atoms with Gasteiger partial charge >= 0.3 is 11.9 Å². The van der Waals surface area contributed by atoms with E-state index in [2.05, 4.69) is 52.2 Å². The number of ether oxygens (including phenoxy) is 2. The van der Waals surface area contributed by atoms with E-state index in [0.29, 0.717) is 38.5 Å². The molecule has 0 aliphatic rings. The van der Waals surface area contributed by atoms with Gasteiger partial charge in [0.2, 0.25) is 11.8 Å². The number of aliphatic hydroxyl groups is 1. The fourth-order valence-corrected chi connectivity index (χ4v) is 13.3. The average Bonchev–Trinajstić information content (AvgIpc) is 1.38. The van der Waals surface area contributed by atoms with Crippen molar-refractivity contribution in [1.29, 1.82) is 2.61 Å². The average molecular weight is 1350 g/mol. The molecule has 2 amide bonds. The van der Waals surface area contributed by atoms with Gasteiger partial charge < -0.3 is 29.4 Å². The molecule has 0 aromatic rings. The number of esters is 2. The van der Waals surface area contributed by atoms with Crippen molar-refractivity contribution in [3.63, 3.8) is 0 Å². The summed E-state index contributed by atoms with van der Waals surface area (Å²) in [7, 11) is -0.376. The van der Waals surface area contributed by atoms with E-state index < -0.39 is 31.9 Å². The van der Waals surface area contributed by atoms with E-state index in [9.17, 15) is 24.3 Å². The monoisotopic (exact) mass is 1350 g/mol. The fraction of sp³-hybridized carbons (Fsp3) is 0.950. The highest BCUT2D eigenvalue weighted by atomic mass is 32.7. The van der Waals surface area contributed by atoms with Crippen LogP contribution in [0.15, 0.2) is 0 Å². The van der Waals surface area contributed by atoms with E-state index in [-0.39, 0.29) is 37.0 Å². The maximum absolute atomic E-state index is 13.2. The normalized spacial score (nSPS) is 13.3. The van der Waals surface area contributed by atoms with E-state index in [1.807, 2.05) is 0 Å². The van der Waals surface area contributed by atoms with Crippen LogP contribution in [0.4, 0.5) is 0 Å². The van der Waals surface area contributed by atoms with Gasteiger partial charge in [0.05, 0.1) is 26.6 Å². The highest BCUT2D eigenvalue weighted by Crippen LogP contribution is 2.26. The zero-order chi connectivity index (χ0) is 69.8. The van der Waals surface area contributed by atoms with Crippen LogP contribution in [-0.4, -0.2) is 76.5 Å². The molecule has 0 aromatic heterocycles. The van der Waals surface area contributed by atoms with Crippen molar-refractivity contribution in [2.24, 2.45) is 0 Å². The van der Waals surface area contributed by atoms with Gasteiger partial charge in [0, 0.05) is 37.3 Å². The topological polar surface area (TPSA) is 140 Å². The third-order valence-electron chi connectivity index (χ3n) is 18.9. The molecule has 0 bridgehead atoms. The number of hydrogen-bond acceptors (Lipinski definition) is 9. The molecule has 93 heavy (non-hydrogen) atoms. The number of amides is 2. The third-order valence-corrected chi connectivity index (χ3v) is 19.8. The highest BCUT2D eigenvalue weighted by molar-refractivity contribution is 8.53. The number of carbonyl (C=O) groups excluding carboxylic acids is 4. The van der Waals surface area contributed by atoms with Crippen molar-refractivity contribution in [3.8, 4) is 0 Å². The lowest BCUT2D eigenvalue weighted by Crippen LogP contribution is -2.48. The molecule has 0 saturated carbocycles. The van der Waals surface area contributed by atoms with Crippen molar-refractivity contribution in [2.75, 3.05) is 13.2 Å². The summed E-state index contributed by atoms with van der Waals surface area (Å²) >= 11 is 0.971.